The summed E-state index contributed by atoms with van der Waals surface area (Å²) in [6.07, 6.45) is 1.45. The summed E-state index contributed by atoms with van der Waals surface area (Å²) in [5, 5.41) is 27.8. The van der Waals surface area contributed by atoms with E-state index in [1.807, 2.05) is 0 Å². The molecule has 26 heavy (non-hydrogen) atoms. The van der Waals surface area contributed by atoms with Crippen LogP contribution in [0.3, 0.4) is 0 Å². The van der Waals surface area contributed by atoms with Crippen LogP contribution in [0.15, 0.2) is 24.3 Å². The van der Waals surface area contributed by atoms with E-state index < -0.39 is 67.6 Å². The zero-order chi connectivity index (χ0) is 19.5. The van der Waals surface area contributed by atoms with Gasteiger partial charge in [-0.25, -0.2) is 14.6 Å². The molecule has 0 radical (unpaired) electrons. The highest BCUT2D eigenvalue weighted by atomic mass is 16.5. The Kier molecular flexibility index (Phi) is 5.65. The molecule has 2 aliphatic rings. The number of hydrogen-bond donors (Lipinski definition) is 3. The van der Waals surface area contributed by atoms with Crippen LogP contribution in [-0.4, -0.2) is 87.3 Å². The molecule has 0 bridgehead atoms. The monoisotopic (exact) mass is 368 g/mol. The van der Waals surface area contributed by atoms with Gasteiger partial charge >= 0.3 is 5.97 Å². The minimum absolute atomic E-state index is 0.379. The molecule has 0 aromatic heterocycles. The molecule has 0 fully saturated rings. The fourth-order valence-electron chi connectivity index (χ4n) is 2.22. The van der Waals surface area contributed by atoms with Crippen LogP contribution in [0.4, 0.5) is 0 Å². The Morgan fingerprint density at radius 3 is 1.50 bits per heavy atom. The predicted molar refractivity (Wildman–Crippen MR) is 80.4 cm³/mol. The lowest BCUT2D eigenvalue weighted by atomic mass is 9.93. The number of nitrogens with zero attached hydrogens (tertiary/aromatic N) is 2. The first kappa shape index (κ1) is 19.4. The number of rotatable bonds is 8. The summed E-state index contributed by atoms with van der Waals surface area (Å²) < 4.78 is 4.89. The molecule has 0 saturated heterocycles. The van der Waals surface area contributed by atoms with Crippen LogP contribution >= 0.6 is 0 Å². The Balaban J connectivity index is 2.28. The topological polar surface area (TPSA) is 162 Å². The van der Waals surface area contributed by atoms with Crippen LogP contribution in [0.5, 0.6) is 0 Å². The van der Waals surface area contributed by atoms with Crippen molar-refractivity contribution in [3.8, 4) is 0 Å². The molecule has 2 rings (SSSR count). The second-order valence-electron chi connectivity index (χ2n) is 5.72. The van der Waals surface area contributed by atoms with Gasteiger partial charge in [0.15, 0.2) is 0 Å². The van der Waals surface area contributed by atoms with Gasteiger partial charge in [-0.1, -0.05) is 0 Å². The number of ether oxygens (including phenoxy) is 1. The lowest BCUT2D eigenvalue weighted by molar-refractivity contribution is -0.175. The molecule has 0 aromatic carbocycles. The van der Waals surface area contributed by atoms with E-state index in [0.29, 0.717) is 9.80 Å². The quantitative estimate of drug-likeness (QED) is 0.294. The summed E-state index contributed by atoms with van der Waals surface area (Å²) >= 11 is 0. The standard InChI is InChI=1S/C15H16N2O9/c18-5-15(6-19,7-20)8-26-14(25)13(16-9(21)1-2-10(16)22)17-11(23)3-4-12(17)24/h1-4,13,18-20H,5-8H2. The van der Waals surface area contributed by atoms with Gasteiger partial charge in [0.2, 0.25) is 6.17 Å². The van der Waals surface area contributed by atoms with Crippen molar-refractivity contribution in [2.75, 3.05) is 26.4 Å². The number of carbonyl (C=O) groups excluding carboxylic acids is 5. The third-order valence-corrected chi connectivity index (χ3v) is 3.91. The fourth-order valence-corrected chi connectivity index (χ4v) is 2.22. The first-order valence-electron chi connectivity index (χ1n) is 7.40. The van der Waals surface area contributed by atoms with Gasteiger partial charge in [0, 0.05) is 24.3 Å². The summed E-state index contributed by atoms with van der Waals surface area (Å²) in [5.74, 6) is -5.03. The Labute approximate surface area is 146 Å². The molecule has 0 atom stereocenters. The fraction of sp³-hybridized carbons (Fsp3) is 0.400. The van der Waals surface area contributed by atoms with Crippen LogP contribution in [-0.2, 0) is 28.7 Å². The number of aliphatic hydroxyl groups excluding tert-OH is 3. The van der Waals surface area contributed by atoms with Crippen molar-refractivity contribution in [2.45, 2.75) is 6.17 Å². The third-order valence-electron chi connectivity index (χ3n) is 3.91. The summed E-state index contributed by atoms with van der Waals surface area (Å²) in [4.78, 5) is 60.8. The Morgan fingerprint density at radius 2 is 1.19 bits per heavy atom. The van der Waals surface area contributed by atoms with Gasteiger partial charge in [0.25, 0.3) is 23.6 Å². The van der Waals surface area contributed by atoms with Gasteiger partial charge < -0.3 is 20.1 Å². The normalized spacial score (nSPS) is 17.2. The van der Waals surface area contributed by atoms with Gasteiger partial charge in [-0.15, -0.1) is 0 Å². The van der Waals surface area contributed by atoms with E-state index in [1.165, 1.54) is 0 Å². The Morgan fingerprint density at radius 1 is 0.846 bits per heavy atom. The van der Waals surface area contributed by atoms with E-state index >= 15 is 0 Å². The highest BCUT2D eigenvalue weighted by Crippen LogP contribution is 2.21. The Bertz CT molecular complexity index is 622. The maximum atomic E-state index is 12.5. The molecule has 11 nitrogen and oxygen atoms in total. The van der Waals surface area contributed by atoms with Gasteiger partial charge in [-0.2, -0.15) is 0 Å². The molecule has 11 heteroatoms. The van der Waals surface area contributed by atoms with Crippen molar-refractivity contribution in [2.24, 2.45) is 5.41 Å². The second kappa shape index (κ2) is 7.56. The Hall–Kier alpha value is -2.89. The van der Waals surface area contributed by atoms with Crippen molar-refractivity contribution >= 4 is 29.6 Å². The van der Waals surface area contributed by atoms with E-state index in [9.17, 15) is 39.3 Å². The number of esters is 1. The minimum atomic E-state index is -1.99. The van der Waals surface area contributed by atoms with Gasteiger partial charge in [0.1, 0.15) is 6.61 Å². The van der Waals surface area contributed by atoms with Crippen molar-refractivity contribution in [1.29, 1.82) is 0 Å². The SMILES string of the molecule is O=C(OCC(CO)(CO)CO)C(N1C(=O)C=CC1=O)N1C(=O)C=CC1=O. The van der Waals surface area contributed by atoms with Crippen molar-refractivity contribution < 1.29 is 44.0 Å². The predicted octanol–water partition coefficient (Wildman–Crippen LogP) is -3.33. The molecule has 2 aliphatic heterocycles. The van der Waals surface area contributed by atoms with Crippen LogP contribution in [0, 0.1) is 5.41 Å². The number of hydrogen-bond acceptors (Lipinski definition) is 9. The molecule has 4 amide bonds. The molecule has 0 saturated carbocycles. The summed E-state index contributed by atoms with van der Waals surface area (Å²) in [6, 6.07) is 0. The van der Waals surface area contributed by atoms with Crippen LogP contribution in [0.1, 0.15) is 0 Å². The lowest BCUT2D eigenvalue weighted by Gasteiger charge is -2.32. The summed E-state index contributed by atoms with van der Waals surface area (Å²) in [7, 11) is 0. The number of imide groups is 2. The smallest absolute Gasteiger partial charge is 0.351 e. The van der Waals surface area contributed by atoms with E-state index in [2.05, 4.69) is 0 Å². The summed E-state index contributed by atoms with van der Waals surface area (Å²) in [6.45, 7) is -2.88. The van der Waals surface area contributed by atoms with E-state index in [1.54, 1.807) is 0 Å². The van der Waals surface area contributed by atoms with E-state index in [-0.39, 0.29) is 0 Å². The number of amides is 4. The summed E-state index contributed by atoms with van der Waals surface area (Å²) in [5.41, 5.74) is -1.57. The van der Waals surface area contributed by atoms with Crippen LogP contribution < -0.4 is 0 Å². The van der Waals surface area contributed by atoms with Crippen molar-refractivity contribution in [3.63, 3.8) is 0 Å². The van der Waals surface area contributed by atoms with Crippen LogP contribution in [0.2, 0.25) is 0 Å². The lowest BCUT2D eigenvalue weighted by Crippen LogP contribution is -2.58. The molecule has 140 valence electrons. The molecule has 3 N–H and O–H groups in total. The number of aliphatic hydroxyl groups is 3. The van der Waals surface area contributed by atoms with Gasteiger partial charge in [-0.3, -0.25) is 19.2 Å². The molecule has 0 unspecified atom stereocenters. The maximum absolute atomic E-state index is 12.5. The first-order chi connectivity index (χ1) is 12.3. The second-order valence-corrected chi connectivity index (χ2v) is 5.72. The molecule has 0 aliphatic carbocycles. The highest BCUT2D eigenvalue weighted by molar-refractivity contribution is 6.19. The zero-order valence-electron chi connectivity index (χ0n) is 13.4. The maximum Gasteiger partial charge on any atom is 0.351 e. The first-order valence-corrected chi connectivity index (χ1v) is 7.40. The average molecular weight is 368 g/mol. The minimum Gasteiger partial charge on any atom is -0.462 e. The van der Waals surface area contributed by atoms with Gasteiger partial charge in [0.05, 0.1) is 25.2 Å². The van der Waals surface area contributed by atoms with E-state index in [4.69, 9.17) is 4.74 Å². The molecule has 2 heterocycles. The van der Waals surface area contributed by atoms with Crippen molar-refractivity contribution in [3.05, 3.63) is 24.3 Å². The molecular formula is C15H16N2O9. The molecular weight excluding hydrogens is 352 g/mol. The average Bonchev–Trinajstić information content (AvgIpc) is 3.14. The molecule has 0 spiro atoms. The van der Waals surface area contributed by atoms with E-state index in [0.717, 1.165) is 24.3 Å². The highest BCUT2D eigenvalue weighted by Gasteiger charge is 2.46. The molecule has 0 aromatic rings. The van der Waals surface area contributed by atoms with Crippen LogP contribution in [0.25, 0.3) is 0 Å². The van der Waals surface area contributed by atoms with Crippen molar-refractivity contribution in [1.82, 2.24) is 9.80 Å². The number of carbonyl (C=O) groups is 5. The third kappa shape index (κ3) is 3.40. The van der Waals surface area contributed by atoms with Gasteiger partial charge in [-0.05, 0) is 0 Å². The zero-order valence-corrected chi connectivity index (χ0v) is 13.4. The largest absolute Gasteiger partial charge is 0.462 e.